The van der Waals surface area contributed by atoms with Crippen LogP contribution >= 0.6 is 0 Å². The van der Waals surface area contributed by atoms with Crippen molar-refractivity contribution in [1.82, 2.24) is 14.5 Å². The largest absolute Gasteiger partial charge is 0.370 e. The minimum atomic E-state index is -1.98. The monoisotopic (exact) mass is 595 g/mol. The van der Waals surface area contributed by atoms with Crippen LogP contribution in [0.25, 0.3) is 5.57 Å². The first-order chi connectivity index (χ1) is 21.0. The number of pyridine rings is 1. The summed E-state index contributed by atoms with van der Waals surface area (Å²) in [6.45, 7) is 19.1. The highest BCUT2D eigenvalue weighted by Crippen LogP contribution is 2.44. The van der Waals surface area contributed by atoms with Gasteiger partial charge in [-0.15, -0.1) is 0 Å². The first-order valence-corrected chi connectivity index (χ1v) is 18.5. The van der Waals surface area contributed by atoms with E-state index in [4.69, 9.17) is 19.9 Å². The van der Waals surface area contributed by atoms with Crippen LogP contribution in [-0.2, 0) is 16.2 Å². The third-order valence-electron chi connectivity index (χ3n) is 7.50. The average Bonchev–Trinajstić information content (AvgIpc) is 3.31. The van der Waals surface area contributed by atoms with Gasteiger partial charge >= 0.3 is 0 Å². The minimum Gasteiger partial charge on any atom is -0.370 e. The molecule has 2 aromatic rings. The number of hydrogen-bond acceptors (Lipinski definition) is 6. The van der Waals surface area contributed by atoms with Crippen molar-refractivity contribution in [3.63, 3.8) is 0 Å². The predicted molar refractivity (Wildman–Crippen MR) is 170 cm³/mol. The molecular formula is C33H49N5O3Si. The number of aromatic nitrogens is 3. The van der Waals surface area contributed by atoms with E-state index in [2.05, 4.69) is 29.9 Å². The van der Waals surface area contributed by atoms with Crippen LogP contribution in [0.5, 0.6) is 0 Å². The number of nitrogens with zero attached hydrogens (tertiary/aromatic N) is 4. The van der Waals surface area contributed by atoms with Crippen molar-refractivity contribution in [3.8, 4) is 6.07 Å². The molecule has 3 heterocycles. The number of amides is 1. The Kier molecular flexibility index (Phi) is 7.69. The van der Waals surface area contributed by atoms with Crippen LogP contribution in [0.1, 0.15) is 113 Å². The maximum absolute atomic E-state index is 13.8. The van der Waals surface area contributed by atoms with Gasteiger partial charge in [0.05, 0.1) is 24.0 Å². The highest BCUT2D eigenvalue weighted by atomic mass is 28.3. The third-order valence-corrected chi connectivity index (χ3v) is 9.20. The van der Waals surface area contributed by atoms with Crippen LogP contribution in [0.3, 0.4) is 0 Å². The summed E-state index contributed by atoms with van der Waals surface area (Å²) in [6.07, 6.45) is -0.0896. The molecule has 1 amide bonds. The first kappa shape index (κ1) is 26.8. The van der Waals surface area contributed by atoms with Gasteiger partial charge in [0.15, 0.2) is 5.69 Å². The van der Waals surface area contributed by atoms with E-state index < -0.39 is 43.4 Å². The molecule has 4 rings (SSSR count). The molecule has 0 saturated carbocycles. The predicted octanol–water partition coefficient (Wildman–Crippen LogP) is 7.76. The smallest absolute Gasteiger partial charge is 0.291 e. The van der Waals surface area contributed by atoms with Crippen LogP contribution in [0.4, 0.5) is 5.69 Å². The summed E-state index contributed by atoms with van der Waals surface area (Å²) in [7, 11) is -1.33. The van der Waals surface area contributed by atoms with Gasteiger partial charge in [-0.2, -0.15) is 5.26 Å². The lowest BCUT2D eigenvalue weighted by molar-refractivity contribution is -0.162. The fourth-order valence-electron chi connectivity index (χ4n) is 5.60. The SMILES string of the molecule is [2H]C1=C(c2nc(C3CC(C)(C)OC(C)(C)C3)ccc2NC(=O)c2nc(C#N)cn2COCC[Si](C)(C)C)C([2H])([2H])CC(C)(C)C1[2H]. The summed E-state index contributed by atoms with van der Waals surface area (Å²) in [4.78, 5) is 23.0. The van der Waals surface area contributed by atoms with Gasteiger partial charge in [-0.3, -0.25) is 9.78 Å². The highest BCUT2D eigenvalue weighted by molar-refractivity contribution is 6.76. The van der Waals surface area contributed by atoms with Gasteiger partial charge in [0.1, 0.15) is 12.8 Å². The number of rotatable bonds is 9. The molecule has 1 saturated heterocycles. The van der Waals surface area contributed by atoms with Crippen LogP contribution < -0.4 is 5.32 Å². The minimum absolute atomic E-state index is 0.00490. The number of allylic oxidation sites excluding steroid dienone is 2. The lowest BCUT2D eigenvalue weighted by Gasteiger charge is -2.45. The maximum Gasteiger partial charge on any atom is 0.291 e. The second-order valence-corrected chi connectivity index (χ2v) is 20.3. The number of ether oxygens (including phenoxy) is 2. The van der Waals surface area contributed by atoms with Gasteiger partial charge in [0.2, 0.25) is 5.82 Å². The molecule has 9 heteroatoms. The number of nitriles is 1. The Hall–Kier alpha value is -2.80. The molecule has 8 nitrogen and oxygen atoms in total. The number of nitrogens with one attached hydrogen (secondary N) is 1. The van der Waals surface area contributed by atoms with Crippen LogP contribution in [-0.4, -0.2) is 46.3 Å². The van der Waals surface area contributed by atoms with Crippen LogP contribution in [0.15, 0.2) is 24.4 Å². The highest BCUT2D eigenvalue weighted by Gasteiger charge is 2.40. The van der Waals surface area contributed by atoms with E-state index >= 15 is 0 Å². The summed E-state index contributed by atoms with van der Waals surface area (Å²) in [5.41, 5.74) is -0.463. The van der Waals surface area contributed by atoms with Gasteiger partial charge in [0.25, 0.3) is 5.91 Å². The zero-order valence-corrected chi connectivity index (χ0v) is 27.6. The number of imidazole rings is 1. The Labute approximate surface area is 258 Å². The average molecular weight is 596 g/mol. The van der Waals surface area contributed by atoms with E-state index in [1.54, 1.807) is 19.9 Å². The Morgan fingerprint density at radius 3 is 2.55 bits per heavy atom. The summed E-state index contributed by atoms with van der Waals surface area (Å²) >= 11 is 0. The van der Waals surface area contributed by atoms with Gasteiger partial charge in [-0.1, -0.05) is 39.5 Å². The number of hydrogen-bond donors (Lipinski definition) is 1. The fraction of sp³-hybridized carbons (Fsp3) is 0.636. The quantitative estimate of drug-likeness (QED) is 0.235. The topological polar surface area (TPSA) is 102 Å². The fourth-order valence-corrected chi connectivity index (χ4v) is 6.36. The van der Waals surface area contributed by atoms with Crippen molar-refractivity contribution in [2.75, 3.05) is 11.9 Å². The van der Waals surface area contributed by atoms with Crippen LogP contribution in [0, 0.1) is 16.7 Å². The second-order valence-electron chi connectivity index (χ2n) is 14.7. The van der Waals surface area contributed by atoms with E-state index in [0.29, 0.717) is 25.1 Å². The van der Waals surface area contributed by atoms with Crippen molar-refractivity contribution < 1.29 is 19.8 Å². The number of carbonyl (C=O) groups is 1. The lowest BCUT2D eigenvalue weighted by Crippen LogP contribution is -2.44. The van der Waals surface area contributed by atoms with E-state index in [-0.39, 0.29) is 53.6 Å². The van der Waals surface area contributed by atoms with Crippen molar-refractivity contribution in [3.05, 3.63) is 47.3 Å². The Morgan fingerprint density at radius 2 is 1.90 bits per heavy atom. The summed E-state index contributed by atoms with van der Waals surface area (Å²) in [5.74, 6) is -0.662. The molecule has 1 N–H and O–H groups in total. The van der Waals surface area contributed by atoms with E-state index in [0.717, 1.165) is 6.04 Å². The van der Waals surface area contributed by atoms with E-state index in [1.165, 1.54) is 10.8 Å². The molecule has 0 bridgehead atoms. The molecule has 1 aliphatic heterocycles. The molecule has 0 radical (unpaired) electrons. The van der Waals surface area contributed by atoms with Crippen molar-refractivity contribution in [1.29, 1.82) is 5.26 Å². The molecule has 2 aliphatic rings. The van der Waals surface area contributed by atoms with Crippen molar-refractivity contribution in [2.24, 2.45) is 5.41 Å². The summed E-state index contributed by atoms with van der Waals surface area (Å²) < 4.78 is 49.5. The van der Waals surface area contributed by atoms with E-state index in [9.17, 15) is 10.1 Å². The molecule has 1 fully saturated rings. The summed E-state index contributed by atoms with van der Waals surface area (Å²) in [5, 5.41) is 12.4. The molecule has 2 aromatic heterocycles. The Morgan fingerprint density at radius 1 is 1.21 bits per heavy atom. The van der Waals surface area contributed by atoms with Gasteiger partial charge < -0.3 is 19.4 Å². The third kappa shape index (κ3) is 8.39. The number of carbonyl (C=O) groups excluding carboxylic acids is 1. The zero-order valence-electron chi connectivity index (χ0n) is 30.6. The molecule has 1 aliphatic carbocycles. The number of anilines is 1. The molecule has 228 valence electrons. The molecule has 0 aromatic carbocycles. The van der Waals surface area contributed by atoms with Crippen molar-refractivity contribution in [2.45, 2.75) is 123 Å². The lowest BCUT2D eigenvalue weighted by atomic mass is 9.77. The Bertz CT molecular complexity index is 1540. The zero-order chi connectivity index (χ0) is 34.5. The van der Waals surface area contributed by atoms with Gasteiger partial charge in [-0.05, 0) is 88.9 Å². The van der Waals surface area contributed by atoms with Crippen LogP contribution in [0.2, 0.25) is 25.7 Å². The first-order valence-electron chi connectivity index (χ1n) is 16.8. The molecule has 1 atom stereocenters. The molecular weight excluding hydrogens is 542 g/mol. The van der Waals surface area contributed by atoms with Gasteiger partial charge in [0, 0.05) is 36.6 Å². The van der Waals surface area contributed by atoms with E-state index in [1.807, 2.05) is 39.8 Å². The Balaban J connectivity index is 1.77. The second kappa shape index (κ2) is 12.1. The normalized spacial score (nSPS) is 24.6. The molecule has 1 unspecified atom stereocenters. The maximum atomic E-state index is 13.8. The van der Waals surface area contributed by atoms with Crippen molar-refractivity contribution >= 4 is 25.2 Å². The van der Waals surface area contributed by atoms with Gasteiger partial charge in [-0.25, -0.2) is 4.98 Å². The standard InChI is InChI=1S/C33H49N5O3Si/c1-31(2)14-12-23(13-15-31)28-27(11-10-26(36-28)24-18-32(3,4)41-33(5,6)19-24)37-30(39)29-35-25(20-34)21-38(29)22-40-16-17-42(7,8)9/h10-12,21,24H,13-19,22H2,1-9H3,(H,37,39)/i12D,13D2,14D. The molecule has 0 spiro atoms. The molecule has 42 heavy (non-hydrogen) atoms. The summed E-state index contributed by atoms with van der Waals surface area (Å²) in [6, 6.07) is 6.30.